The van der Waals surface area contributed by atoms with E-state index < -0.39 is 9.84 Å². The molecule has 0 atom stereocenters. The van der Waals surface area contributed by atoms with Crippen molar-refractivity contribution in [2.75, 3.05) is 24.6 Å². The number of hydrogen-bond donors (Lipinski definition) is 0. The Hall–Kier alpha value is -2.02. The molecule has 0 aliphatic carbocycles. The van der Waals surface area contributed by atoms with Gasteiger partial charge in [0.2, 0.25) is 20.7 Å². The second kappa shape index (κ2) is 7.07. The van der Waals surface area contributed by atoms with E-state index in [1.165, 1.54) is 0 Å². The molecule has 7 heteroatoms. The molecule has 1 fully saturated rings. The van der Waals surface area contributed by atoms with Crippen molar-refractivity contribution < 1.29 is 17.6 Å². The normalized spacial score (nSPS) is 16.2. The fourth-order valence-corrected chi connectivity index (χ4v) is 4.34. The second-order valence-electron chi connectivity index (χ2n) is 6.42. The average Bonchev–Trinajstić information content (AvgIpc) is 2.99. The first-order valence-corrected chi connectivity index (χ1v) is 10.1. The quantitative estimate of drug-likeness (QED) is 0.809. The standard InChI is InChI=1S/C18H24N2O4S/c1-4-23-15-5-7-16(8-6-15)25(21,22)17-18(24-14(3)19-17)20-11-9-13(2)10-12-20/h5-8,13H,4,9-12H2,1-3H3. The zero-order chi connectivity index (χ0) is 18.0. The van der Waals surface area contributed by atoms with Crippen molar-refractivity contribution in [2.45, 2.75) is 43.5 Å². The lowest BCUT2D eigenvalue weighted by Gasteiger charge is -2.30. The molecule has 0 unspecified atom stereocenters. The Balaban J connectivity index is 1.94. The van der Waals surface area contributed by atoms with E-state index in [2.05, 4.69) is 11.9 Å². The van der Waals surface area contributed by atoms with Crippen LogP contribution in [0.25, 0.3) is 0 Å². The van der Waals surface area contributed by atoms with E-state index >= 15 is 0 Å². The van der Waals surface area contributed by atoms with Crippen LogP contribution in [0.2, 0.25) is 0 Å². The number of piperidine rings is 1. The third kappa shape index (κ3) is 3.66. The lowest BCUT2D eigenvalue weighted by molar-refractivity contribution is 0.340. The van der Waals surface area contributed by atoms with Gasteiger partial charge in [0.15, 0.2) is 5.89 Å². The highest BCUT2D eigenvalue weighted by molar-refractivity contribution is 7.91. The molecule has 136 valence electrons. The van der Waals surface area contributed by atoms with Crippen molar-refractivity contribution >= 4 is 15.7 Å². The van der Waals surface area contributed by atoms with E-state index in [1.54, 1.807) is 31.2 Å². The Labute approximate surface area is 148 Å². The van der Waals surface area contributed by atoms with Crippen LogP contribution in [-0.4, -0.2) is 33.1 Å². The van der Waals surface area contributed by atoms with Gasteiger partial charge in [-0.2, -0.15) is 4.98 Å². The molecular formula is C18H24N2O4S. The third-order valence-electron chi connectivity index (χ3n) is 4.46. The molecule has 0 saturated carbocycles. The van der Waals surface area contributed by atoms with Crippen molar-refractivity contribution in [3.05, 3.63) is 30.2 Å². The molecule has 2 aromatic rings. The molecule has 0 spiro atoms. The fraction of sp³-hybridized carbons (Fsp3) is 0.500. The first-order valence-electron chi connectivity index (χ1n) is 8.62. The van der Waals surface area contributed by atoms with Gasteiger partial charge in [-0.15, -0.1) is 0 Å². The van der Waals surface area contributed by atoms with Crippen LogP contribution in [0.1, 0.15) is 32.6 Å². The molecule has 2 heterocycles. The van der Waals surface area contributed by atoms with Crippen LogP contribution in [-0.2, 0) is 9.84 Å². The number of rotatable bonds is 5. The largest absolute Gasteiger partial charge is 0.494 e. The molecular weight excluding hydrogens is 340 g/mol. The van der Waals surface area contributed by atoms with Crippen molar-refractivity contribution in [1.82, 2.24) is 4.98 Å². The van der Waals surface area contributed by atoms with Crippen LogP contribution >= 0.6 is 0 Å². The monoisotopic (exact) mass is 364 g/mol. The third-order valence-corrected chi connectivity index (χ3v) is 6.12. The number of benzene rings is 1. The summed E-state index contributed by atoms with van der Waals surface area (Å²) in [6.45, 7) is 7.86. The van der Waals surface area contributed by atoms with Crippen LogP contribution in [0.3, 0.4) is 0 Å². The first kappa shape index (κ1) is 17.8. The first-order chi connectivity index (χ1) is 11.9. The lowest BCUT2D eigenvalue weighted by Crippen LogP contribution is -2.33. The van der Waals surface area contributed by atoms with Crippen LogP contribution < -0.4 is 9.64 Å². The summed E-state index contributed by atoms with van der Waals surface area (Å²) in [5.74, 6) is 2.01. The highest BCUT2D eigenvalue weighted by Crippen LogP contribution is 2.33. The number of anilines is 1. The minimum absolute atomic E-state index is 0.00344. The van der Waals surface area contributed by atoms with E-state index in [4.69, 9.17) is 9.15 Å². The fourth-order valence-electron chi connectivity index (χ4n) is 2.98. The van der Waals surface area contributed by atoms with Crippen molar-refractivity contribution in [3.8, 4) is 5.75 Å². The second-order valence-corrected chi connectivity index (χ2v) is 8.29. The number of hydrogen-bond acceptors (Lipinski definition) is 6. The summed E-state index contributed by atoms with van der Waals surface area (Å²) in [7, 11) is -3.75. The van der Waals surface area contributed by atoms with E-state index in [9.17, 15) is 8.42 Å². The molecule has 1 aromatic heterocycles. The van der Waals surface area contributed by atoms with Gasteiger partial charge in [0.05, 0.1) is 11.5 Å². The summed E-state index contributed by atoms with van der Waals surface area (Å²) in [6, 6.07) is 6.41. The summed E-state index contributed by atoms with van der Waals surface area (Å²) >= 11 is 0. The minimum Gasteiger partial charge on any atom is -0.494 e. The molecule has 1 aliphatic rings. The maximum absolute atomic E-state index is 13.1. The Morgan fingerprint density at radius 2 is 1.88 bits per heavy atom. The van der Waals surface area contributed by atoms with Gasteiger partial charge in [-0.1, -0.05) is 6.92 Å². The summed E-state index contributed by atoms with van der Waals surface area (Å²) in [6.07, 6.45) is 2.03. The van der Waals surface area contributed by atoms with Crippen LogP contribution in [0, 0.1) is 12.8 Å². The highest BCUT2D eigenvalue weighted by atomic mass is 32.2. The topological polar surface area (TPSA) is 72.6 Å². The molecule has 6 nitrogen and oxygen atoms in total. The van der Waals surface area contributed by atoms with Gasteiger partial charge in [0, 0.05) is 20.0 Å². The summed E-state index contributed by atoms with van der Waals surface area (Å²) < 4.78 is 37.2. The number of ether oxygens (including phenoxy) is 1. The molecule has 1 saturated heterocycles. The Morgan fingerprint density at radius 1 is 1.24 bits per heavy atom. The van der Waals surface area contributed by atoms with Gasteiger partial charge in [-0.05, 0) is 49.9 Å². The van der Waals surface area contributed by atoms with Crippen LogP contribution in [0.4, 0.5) is 5.88 Å². The van der Waals surface area contributed by atoms with E-state index in [1.807, 2.05) is 11.8 Å². The van der Waals surface area contributed by atoms with Gasteiger partial charge in [-0.25, -0.2) is 8.42 Å². The maximum atomic E-state index is 13.1. The summed E-state index contributed by atoms with van der Waals surface area (Å²) in [4.78, 5) is 6.36. The minimum atomic E-state index is -3.75. The van der Waals surface area contributed by atoms with Crippen molar-refractivity contribution in [1.29, 1.82) is 0 Å². The highest BCUT2D eigenvalue weighted by Gasteiger charge is 2.31. The Morgan fingerprint density at radius 3 is 2.48 bits per heavy atom. The number of aromatic nitrogens is 1. The zero-order valence-electron chi connectivity index (χ0n) is 14.9. The van der Waals surface area contributed by atoms with Crippen molar-refractivity contribution in [2.24, 2.45) is 5.92 Å². The molecule has 0 amide bonds. The Bertz CT molecular complexity index is 819. The van der Waals surface area contributed by atoms with Gasteiger partial charge in [-0.3, -0.25) is 0 Å². The lowest BCUT2D eigenvalue weighted by atomic mass is 9.99. The van der Waals surface area contributed by atoms with Gasteiger partial charge in [0.1, 0.15) is 5.75 Å². The van der Waals surface area contributed by atoms with Gasteiger partial charge in [0.25, 0.3) is 0 Å². The smallest absolute Gasteiger partial charge is 0.236 e. The molecule has 1 aromatic carbocycles. The van der Waals surface area contributed by atoms with Crippen molar-refractivity contribution in [3.63, 3.8) is 0 Å². The molecule has 3 rings (SSSR count). The maximum Gasteiger partial charge on any atom is 0.236 e. The zero-order valence-corrected chi connectivity index (χ0v) is 15.7. The number of oxazole rings is 1. The van der Waals surface area contributed by atoms with E-state index in [0.717, 1.165) is 25.9 Å². The van der Waals surface area contributed by atoms with Crippen LogP contribution in [0.5, 0.6) is 5.75 Å². The molecule has 1 aliphatic heterocycles. The predicted molar refractivity (Wildman–Crippen MR) is 94.9 cm³/mol. The van der Waals surface area contributed by atoms with E-state index in [0.29, 0.717) is 30.0 Å². The Kier molecular flexibility index (Phi) is 5.03. The predicted octanol–water partition coefficient (Wildman–Crippen LogP) is 3.45. The average molecular weight is 364 g/mol. The number of sulfone groups is 1. The summed E-state index contributed by atoms with van der Waals surface area (Å²) in [5.41, 5.74) is 0. The van der Waals surface area contributed by atoms with Gasteiger partial charge < -0.3 is 14.1 Å². The number of aryl methyl sites for hydroxylation is 1. The molecule has 0 bridgehead atoms. The SMILES string of the molecule is CCOc1ccc(S(=O)(=O)c2nc(C)oc2N2CCC(C)CC2)cc1. The molecule has 25 heavy (non-hydrogen) atoms. The van der Waals surface area contributed by atoms with Gasteiger partial charge >= 0.3 is 0 Å². The van der Waals surface area contributed by atoms with Crippen LogP contribution in [0.15, 0.2) is 38.6 Å². The molecule has 0 N–H and O–H groups in total. The number of nitrogens with zero attached hydrogens (tertiary/aromatic N) is 2. The molecule has 0 radical (unpaired) electrons. The summed E-state index contributed by atoms with van der Waals surface area (Å²) in [5, 5.41) is 0.00344. The van der Waals surface area contributed by atoms with E-state index in [-0.39, 0.29) is 9.92 Å².